The van der Waals surface area contributed by atoms with Gasteiger partial charge in [0.2, 0.25) is 0 Å². The van der Waals surface area contributed by atoms with Crippen LogP contribution < -0.4 is 10.6 Å². The van der Waals surface area contributed by atoms with Gasteiger partial charge in [0.05, 0.1) is 17.9 Å². The summed E-state index contributed by atoms with van der Waals surface area (Å²) in [5.74, 6) is 0.846. The van der Waals surface area contributed by atoms with E-state index >= 15 is 0 Å². The number of aliphatic imine (C=N–C) groups is 1. The normalized spacial score (nSPS) is 11.3. The number of guanidine groups is 1. The van der Waals surface area contributed by atoms with Gasteiger partial charge in [-0.1, -0.05) is 26.0 Å². The Bertz CT molecular complexity index is 943. The molecular weight excluding hydrogens is 501 g/mol. The fourth-order valence-corrected chi connectivity index (χ4v) is 3.63. The average Bonchev–Trinajstić information content (AvgIpc) is 3.40. The van der Waals surface area contributed by atoms with Crippen LogP contribution in [0.15, 0.2) is 47.7 Å². The number of halogens is 1. The minimum atomic E-state index is 0. The maximum Gasteiger partial charge on any atom is 0.191 e. The number of hydrogen-bond donors (Lipinski definition) is 2. The second kappa shape index (κ2) is 12.5. The van der Waals surface area contributed by atoms with Gasteiger partial charge in [-0.2, -0.15) is 10.2 Å². The Kier molecular flexibility index (Phi) is 10.0. The van der Waals surface area contributed by atoms with E-state index in [2.05, 4.69) is 65.9 Å². The fraction of sp³-hybridized carbons (Fsp3) is 0.435. The number of nitrogens with zero attached hydrogens (tertiary/aromatic N) is 5. The number of nitrogens with one attached hydrogen (secondary N) is 2. The molecule has 0 amide bonds. The lowest BCUT2D eigenvalue weighted by Crippen LogP contribution is -2.38. The van der Waals surface area contributed by atoms with Crippen molar-refractivity contribution in [3.05, 3.63) is 65.2 Å². The second-order valence-corrected chi connectivity index (χ2v) is 7.19. The Hall–Kier alpha value is -2.36. The highest BCUT2D eigenvalue weighted by molar-refractivity contribution is 14.0. The van der Waals surface area contributed by atoms with Gasteiger partial charge in [-0.05, 0) is 49.9 Å². The van der Waals surface area contributed by atoms with Crippen LogP contribution in [0.25, 0.3) is 5.69 Å². The van der Waals surface area contributed by atoms with Gasteiger partial charge in [0.1, 0.15) is 0 Å². The summed E-state index contributed by atoms with van der Waals surface area (Å²) in [6.45, 7) is 8.71. The molecule has 2 N–H and O–H groups in total. The molecule has 3 rings (SSSR count). The van der Waals surface area contributed by atoms with E-state index in [-0.39, 0.29) is 24.0 Å². The van der Waals surface area contributed by atoms with E-state index < -0.39 is 0 Å². The van der Waals surface area contributed by atoms with Crippen molar-refractivity contribution in [2.45, 2.75) is 46.6 Å². The van der Waals surface area contributed by atoms with Crippen LogP contribution in [0, 0.1) is 0 Å². The number of benzene rings is 1. The van der Waals surface area contributed by atoms with Gasteiger partial charge >= 0.3 is 0 Å². The molecule has 3 aromatic rings. The van der Waals surface area contributed by atoms with Crippen molar-refractivity contribution in [2.24, 2.45) is 12.0 Å². The molecule has 31 heavy (non-hydrogen) atoms. The highest BCUT2D eigenvalue weighted by atomic mass is 127. The van der Waals surface area contributed by atoms with Crippen LogP contribution in [-0.4, -0.2) is 38.6 Å². The van der Waals surface area contributed by atoms with Gasteiger partial charge in [-0.15, -0.1) is 24.0 Å². The van der Waals surface area contributed by atoms with Gasteiger partial charge in [0, 0.05) is 43.8 Å². The van der Waals surface area contributed by atoms with Crippen LogP contribution >= 0.6 is 24.0 Å². The minimum absolute atomic E-state index is 0. The second-order valence-electron chi connectivity index (χ2n) is 7.19. The van der Waals surface area contributed by atoms with Crippen molar-refractivity contribution in [2.75, 3.05) is 13.1 Å². The summed E-state index contributed by atoms with van der Waals surface area (Å²) < 4.78 is 3.86. The predicted octanol–water partition coefficient (Wildman–Crippen LogP) is 3.65. The molecule has 0 unspecified atom stereocenters. The molecule has 7 nitrogen and oxygen atoms in total. The number of hydrogen-bond acceptors (Lipinski definition) is 3. The molecule has 0 aliphatic heterocycles. The van der Waals surface area contributed by atoms with Gasteiger partial charge < -0.3 is 10.6 Å². The molecule has 0 atom stereocenters. The highest BCUT2D eigenvalue weighted by Crippen LogP contribution is 2.16. The van der Waals surface area contributed by atoms with E-state index in [0.29, 0.717) is 6.54 Å². The molecule has 0 radical (unpaired) electrons. The third-order valence-corrected chi connectivity index (χ3v) is 5.18. The Labute approximate surface area is 202 Å². The first-order chi connectivity index (χ1) is 14.7. The average molecular weight is 535 g/mol. The van der Waals surface area contributed by atoms with E-state index in [1.165, 1.54) is 16.8 Å². The molecule has 0 fully saturated rings. The molecule has 2 heterocycles. The van der Waals surface area contributed by atoms with Crippen molar-refractivity contribution in [1.82, 2.24) is 30.2 Å². The first-order valence-corrected chi connectivity index (χ1v) is 10.8. The standard InChI is InChI=1S/C23H33N7.HI/c1-5-21-20(22(6-2)29(4)28-21)17-26-23(24-7-3)25-15-13-18-9-11-19(12-10-18)30-16-8-14-27-30;/h8-12,14,16H,5-7,13,15,17H2,1-4H3,(H2,24,25,26);1H. The van der Waals surface area contributed by atoms with Crippen LogP contribution in [0.4, 0.5) is 0 Å². The third-order valence-electron chi connectivity index (χ3n) is 5.18. The van der Waals surface area contributed by atoms with Crippen molar-refractivity contribution < 1.29 is 0 Å². The van der Waals surface area contributed by atoms with E-state index in [1.807, 2.05) is 28.7 Å². The summed E-state index contributed by atoms with van der Waals surface area (Å²) in [6, 6.07) is 10.4. The molecular formula is C23H34IN7. The Morgan fingerprint density at radius 3 is 2.45 bits per heavy atom. The van der Waals surface area contributed by atoms with E-state index in [4.69, 9.17) is 4.99 Å². The Morgan fingerprint density at radius 1 is 1.06 bits per heavy atom. The largest absolute Gasteiger partial charge is 0.357 e. The van der Waals surface area contributed by atoms with Crippen LogP contribution in [-0.2, 0) is 32.9 Å². The molecule has 0 saturated carbocycles. The maximum absolute atomic E-state index is 4.82. The summed E-state index contributed by atoms with van der Waals surface area (Å²) in [5.41, 5.74) is 6.02. The molecule has 8 heteroatoms. The van der Waals surface area contributed by atoms with E-state index in [1.54, 1.807) is 6.20 Å². The summed E-state index contributed by atoms with van der Waals surface area (Å²) in [7, 11) is 2.02. The molecule has 0 spiro atoms. The van der Waals surface area contributed by atoms with Gasteiger partial charge in [-0.25, -0.2) is 9.67 Å². The quantitative estimate of drug-likeness (QED) is 0.249. The molecule has 0 bridgehead atoms. The monoisotopic (exact) mass is 535 g/mol. The van der Waals surface area contributed by atoms with Crippen LogP contribution in [0.2, 0.25) is 0 Å². The summed E-state index contributed by atoms with van der Waals surface area (Å²) in [6.07, 6.45) is 6.56. The Balaban J connectivity index is 0.00000341. The lowest BCUT2D eigenvalue weighted by molar-refractivity contribution is 0.703. The maximum atomic E-state index is 4.82. The third kappa shape index (κ3) is 6.56. The molecule has 168 valence electrons. The van der Waals surface area contributed by atoms with Crippen LogP contribution in [0.5, 0.6) is 0 Å². The molecule has 0 aliphatic carbocycles. The number of aryl methyl sites for hydroxylation is 2. The minimum Gasteiger partial charge on any atom is -0.357 e. The zero-order chi connectivity index (χ0) is 21.3. The lowest BCUT2D eigenvalue weighted by Gasteiger charge is -2.12. The summed E-state index contributed by atoms with van der Waals surface area (Å²) >= 11 is 0. The van der Waals surface area contributed by atoms with Crippen molar-refractivity contribution in [3.8, 4) is 5.69 Å². The van der Waals surface area contributed by atoms with Crippen LogP contribution in [0.1, 0.15) is 43.3 Å². The van der Waals surface area contributed by atoms with Crippen molar-refractivity contribution in [3.63, 3.8) is 0 Å². The molecule has 0 saturated heterocycles. The first kappa shape index (κ1) is 24.9. The van der Waals surface area contributed by atoms with Crippen LogP contribution in [0.3, 0.4) is 0 Å². The topological polar surface area (TPSA) is 72.1 Å². The highest BCUT2D eigenvalue weighted by Gasteiger charge is 2.13. The fourth-order valence-electron chi connectivity index (χ4n) is 3.63. The first-order valence-electron chi connectivity index (χ1n) is 10.8. The van der Waals surface area contributed by atoms with E-state index in [9.17, 15) is 0 Å². The van der Waals surface area contributed by atoms with Gasteiger partial charge in [-0.3, -0.25) is 4.68 Å². The Morgan fingerprint density at radius 2 is 1.84 bits per heavy atom. The summed E-state index contributed by atoms with van der Waals surface area (Å²) in [5, 5.41) is 15.7. The van der Waals surface area contributed by atoms with Crippen molar-refractivity contribution in [1.29, 1.82) is 0 Å². The van der Waals surface area contributed by atoms with Gasteiger partial charge in [0.15, 0.2) is 5.96 Å². The number of rotatable bonds is 9. The lowest BCUT2D eigenvalue weighted by atomic mass is 10.1. The zero-order valence-corrected chi connectivity index (χ0v) is 21.3. The molecule has 1 aromatic carbocycles. The number of aromatic nitrogens is 4. The van der Waals surface area contributed by atoms with E-state index in [0.717, 1.165) is 49.7 Å². The van der Waals surface area contributed by atoms with Crippen molar-refractivity contribution >= 4 is 29.9 Å². The zero-order valence-electron chi connectivity index (χ0n) is 18.9. The smallest absolute Gasteiger partial charge is 0.191 e. The van der Waals surface area contributed by atoms with Gasteiger partial charge in [0.25, 0.3) is 0 Å². The summed E-state index contributed by atoms with van der Waals surface area (Å²) in [4.78, 5) is 4.82. The SMILES string of the molecule is CCNC(=NCc1c(CC)nn(C)c1CC)NCCc1ccc(-n2cccn2)cc1.I. The molecule has 2 aromatic heterocycles. The predicted molar refractivity (Wildman–Crippen MR) is 137 cm³/mol. The molecule has 0 aliphatic rings.